The molecule has 19 heavy (non-hydrogen) atoms. The molecular formula is C11H24N2O4S2. The molecule has 0 fully saturated rings. The minimum Gasteiger partial charge on any atom is -0.390 e. The molecule has 0 spiro atoms. The van der Waals surface area contributed by atoms with E-state index in [2.05, 4.69) is 5.32 Å². The maximum atomic E-state index is 11.8. The van der Waals surface area contributed by atoms with Crippen LogP contribution in [0.3, 0.4) is 0 Å². The summed E-state index contributed by atoms with van der Waals surface area (Å²) in [6, 6.07) is -0.499. The van der Waals surface area contributed by atoms with Crippen LogP contribution in [0.5, 0.6) is 0 Å². The highest BCUT2D eigenvalue weighted by Crippen LogP contribution is 2.06. The van der Waals surface area contributed by atoms with E-state index in [4.69, 9.17) is 0 Å². The molecule has 0 saturated carbocycles. The van der Waals surface area contributed by atoms with Crippen molar-refractivity contribution in [3.8, 4) is 0 Å². The van der Waals surface area contributed by atoms with Crippen LogP contribution in [0, 0.1) is 5.92 Å². The fraction of sp³-hybridized carbons (Fsp3) is 0.909. The average Bonchev–Trinajstić information content (AvgIpc) is 2.27. The van der Waals surface area contributed by atoms with E-state index in [1.165, 1.54) is 7.05 Å². The summed E-state index contributed by atoms with van der Waals surface area (Å²) in [5.74, 6) is 0.429. The summed E-state index contributed by atoms with van der Waals surface area (Å²) < 4.78 is 23.5. The van der Waals surface area contributed by atoms with Gasteiger partial charge >= 0.3 is 0 Å². The lowest BCUT2D eigenvalue weighted by molar-refractivity contribution is -0.125. The summed E-state index contributed by atoms with van der Waals surface area (Å²) in [5.41, 5.74) is 0. The first-order valence-corrected chi connectivity index (χ1v) is 9.22. The molecule has 3 atom stereocenters. The molecule has 0 bridgehead atoms. The highest BCUT2D eigenvalue weighted by molar-refractivity contribution is 7.98. The lowest BCUT2D eigenvalue weighted by Gasteiger charge is -2.25. The van der Waals surface area contributed by atoms with Crippen LogP contribution in [-0.4, -0.2) is 67.7 Å². The molecular weight excluding hydrogens is 288 g/mol. The number of carbonyl (C=O) groups excluding carboxylic acids is 1. The van der Waals surface area contributed by atoms with Crippen LogP contribution in [0.1, 0.15) is 13.8 Å². The van der Waals surface area contributed by atoms with Crippen LogP contribution in [0.4, 0.5) is 0 Å². The van der Waals surface area contributed by atoms with Crippen molar-refractivity contribution in [3.63, 3.8) is 0 Å². The van der Waals surface area contributed by atoms with Gasteiger partial charge in [0, 0.05) is 25.3 Å². The van der Waals surface area contributed by atoms with E-state index in [-0.39, 0.29) is 18.4 Å². The van der Waals surface area contributed by atoms with Gasteiger partial charge in [0.2, 0.25) is 15.9 Å². The Hall–Kier alpha value is -0.310. The second-order valence-electron chi connectivity index (χ2n) is 4.76. The fourth-order valence-electron chi connectivity index (χ4n) is 1.35. The van der Waals surface area contributed by atoms with E-state index < -0.39 is 22.2 Å². The third-order valence-corrected chi connectivity index (χ3v) is 4.94. The Kier molecular flexibility index (Phi) is 7.95. The van der Waals surface area contributed by atoms with Gasteiger partial charge in [-0.15, -0.1) is 0 Å². The Bertz CT molecular complexity index is 386. The van der Waals surface area contributed by atoms with Gasteiger partial charge in [0.25, 0.3) is 0 Å². The molecule has 8 heteroatoms. The molecule has 114 valence electrons. The second kappa shape index (κ2) is 8.08. The smallest absolute Gasteiger partial charge is 0.223 e. The predicted molar refractivity (Wildman–Crippen MR) is 78.6 cm³/mol. The van der Waals surface area contributed by atoms with Gasteiger partial charge in [-0.25, -0.2) is 12.7 Å². The number of hydrogen-bond acceptors (Lipinski definition) is 5. The lowest BCUT2D eigenvalue weighted by Crippen LogP contribution is -2.48. The van der Waals surface area contributed by atoms with E-state index in [0.29, 0.717) is 5.75 Å². The van der Waals surface area contributed by atoms with E-state index in [0.717, 1.165) is 10.6 Å². The topological polar surface area (TPSA) is 86.7 Å². The molecule has 0 rings (SSSR count). The number of rotatable bonds is 8. The highest BCUT2D eigenvalue weighted by atomic mass is 32.2. The molecule has 0 aliphatic heterocycles. The Morgan fingerprint density at radius 3 is 2.37 bits per heavy atom. The van der Waals surface area contributed by atoms with Crippen LogP contribution in [0.2, 0.25) is 0 Å². The summed E-state index contributed by atoms with van der Waals surface area (Å²) in [7, 11) is -1.94. The van der Waals surface area contributed by atoms with Gasteiger partial charge in [0.05, 0.1) is 18.4 Å². The number of carbonyl (C=O) groups is 1. The van der Waals surface area contributed by atoms with Crippen molar-refractivity contribution in [2.75, 3.05) is 31.9 Å². The zero-order chi connectivity index (χ0) is 15.2. The number of aliphatic hydroxyl groups excluding tert-OH is 1. The van der Waals surface area contributed by atoms with Gasteiger partial charge in [-0.3, -0.25) is 4.79 Å². The maximum Gasteiger partial charge on any atom is 0.223 e. The summed E-state index contributed by atoms with van der Waals surface area (Å²) >= 11 is 1.58. The molecule has 0 heterocycles. The van der Waals surface area contributed by atoms with Crippen LogP contribution in [-0.2, 0) is 14.8 Å². The standard InChI is InChI=1S/C11H24N2O4S2/c1-8(7-18-4)11(15)12-9(2)10(14)6-13(3)19(5,16)17/h8-10,14H,6-7H2,1-5H3,(H,12,15). The Morgan fingerprint density at radius 2 is 1.95 bits per heavy atom. The summed E-state index contributed by atoms with van der Waals surface area (Å²) in [4.78, 5) is 11.8. The second-order valence-corrected chi connectivity index (χ2v) is 7.76. The first-order valence-electron chi connectivity index (χ1n) is 5.98. The molecule has 2 N–H and O–H groups in total. The Balaban J connectivity index is 4.35. The number of likely N-dealkylation sites (N-methyl/N-ethyl adjacent to an activating group) is 1. The zero-order valence-corrected chi connectivity index (χ0v) is 13.7. The molecule has 0 radical (unpaired) electrons. The zero-order valence-electron chi connectivity index (χ0n) is 12.1. The number of hydrogen-bond donors (Lipinski definition) is 2. The number of sulfonamides is 1. The van der Waals surface area contributed by atoms with Crippen molar-refractivity contribution < 1.29 is 18.3 Å². The van der Waals surface area contributed by atoms with E-state index >= 15 is 0 Å². The molecule has 0 aromatic rings. The van der Waals surface area contributed by atoms with Crippen molar-refractivity contribution in [3.05, 3.63) is 0 Å². The SMILES string of the molecule is CSCC(C)C(=O)NC(C)C(O)CN(C)S(C)(=O)=O. The van der Waals surface area contributed by atoms with Crippen LogP contribution in [0.15, 0.2) is 0 Å². The van der Waals surface area contributed by atoms with E-state index in [1.54, 1.807) is 18.7 Å². The number of nitrogens with zero attached hydrogens (tertiary/aromatic N) is 1. The van der Waals surface area contributed by atoms with Crippen LogP contribution >= 0.6 is 11.8 Å². The largest absolute Gasteiger partial charge is 0.390 e. The molecule has 0 aromatic carbocycles. The van der Waals surface area contributed by atoms with Crippen molar-refractivity contribution in [1.29, 1.82) is 0 Å². The van der Waals surface area contributed by atoms with Gasteiger partial charge in [-0.2, -0.15) is 11.8 Å². The van der Waals surface area contributed by atoms with Crippen molar-refractivity contribution in [1.82, 2.24) is 9.62 Å². The molecule has 0 aromatic heterocycles. The highest BCUT2D eigenvalue weighted by Gasteiger charge is 2.23. The summed E-state index contributed by atoms with van der Waals surface area (Å²) in [5, 5.41) is 12.6. The van der Waals surface area contributed by atoms with Gasteiger partial charge < -0.3 is 10.4 Å². The first kappa shape index (κ1) is 18.7. The minimum absolute atomic E-state index is 0.0445. The number of amides is 1. The fourth-order valence-corrected chi connectivity index (χ4v) is 2.42. The molecule has 6 nitrogen and oxygen atoms in total. The van der Waals surface area contributed by atoms with Gasteiger partial charge in [0.15, 0.2) is 0 Å². The normalized spacial score (nSPS) is 17.0. The average molecular weight is 312 g/mol. The van der Waals surface area contributed by atoms with Gasteiger partial charge in [-0.1, -0.05) is 6.92 Å². The van der Waals surface area contributed by atoms with Crippen LogP contribution in [0.25, 0.3) is 0 Å². The Morgan fingerprint density at radius 1 is 1.42 bits per heavy atom. The predicted octanol–water partition coefficient (Wildman–Crippen LogP) is -0.257. The third-order valence-electron chi connectivity index (χ3n) is 2.82. The first-order chi connectivity index (χ1) is 8.59. The van der Waals surface area contributed by atoms with Crippen molar-refractivity contribution >= 4 is 27.7 Å². The van der Waals surface area contributed by atoms with E-state index in [1.807, 2.05) is 13.2 Å². The molecule has 1 amide bonds. The molecule has 0 aliphatic carbocycles. The van der Waals surface area contributed by atoms with Crippen molar-refractivity contribution in [2.24, 2.45) is 5.92 Å². The lowest BCUT2D eigenvalue weighted by atomic mass is 10.1. The van der Waals surface area contributed by atoms with Crippen LogP contribution < -0.4 is 5.32 Å². The number of aliphatic hydroxyl groups is 1. The quantitative estimate of drug-likeness (QED) is 0.645. The van der Waals surface area contributed by atoms with E-state index in [9.17, 15) is 18.3 Å². The number of thioether (sulfide) groups is 1. The minimum atomic E-state index is -3.33. The monoisotopic (exact) mass is 312 g/mol. The van der Waals surface area contributed by atoms with Gasteiger partial charge in [-0.05, 0) is 13.2 Å². The summed E-state index contributed by atoms with van der Waals surface area (Å²) in [6.45, 7) is 3.43. The molecule has 0 aliphatic rings. The molecule has 3 unspecified atom stereocenters. The van der Waals surface area contributed by atoms with Crippen molar-refractivity contribution in [2.45, 2.75) is 26.0 Å². The third kappa shape index (κ3) is 7.14. The Labute approximate surface area is 120 Å². The maximum absolute atomic E-state index is 11.8. The summed E-state index contributed by atoms with van der Waals surface area (Å²) in [6.07, 6.45) is 2.05. The number of nitrogens with one attached hydrogen (secondary N) is 1. The van der Waals surface area contributed by atoms with Gasteiger partial charge in [0.1, 0.15) is 0 Å². The molecule has 0 saturated heterocycles.